The van der Waals surface area contributed by atoms with E-state index in [0.717, 1.165) is 15.6 Å². The lowest BCUT2D eigenvalue weighted by Gasteiger charge is -2.14. The molecule has 0 bridgehead atoms. The van der Waals surface area contributed by atoms with Gasteiger partial charge in [0, 0.05) is 24.6 Å². The third-order valence-electron chi connectivity index (χ3n) is 3.59. The van der Waals surface area contributed by atoms with Crippen LogP contribution in [0.3, 0.4) is 0 Å². The average molecular weight is 410 g/mol. The van der Waals surface area contributed by atoms with Crippen molar-refractivity contribution in [3.05, 3.63) is 57.8 Å². The molecule has 134 valence electrons. The largest absolute Gasteiger partial charge is 0.493 e. The highest BCUT2D eigenvalue weighted by Gasteiger charge is 2.06. The zero-order chi connectivity index (χ0) is 18.2. The van der Waals surface area contributed by atoms with Gasteiger partial charge in [0.25, 0.3) is 0 Å². The van der Waals surface area contributed by atoms with Crippen LogP contribution in [-0.2, 0) is 13.1 Å². The molecule has 7 heteroatoms. The number of hydrogen-bond donors (Lipinski definition) is 2. The van der Waals surface area contributed by atoms with E-state index in [1.54, 1.807) is 27.3 Å². The summed E-state index contributed by atoms with van der Waals surface area (Å²) in [6.45, 7) is 1.01. The fraction of sp³-hybridized carbons (Fsp3) is 0.278. The first-order valence-corrected chi connectivity index (χ1v) is 8.46. The maximum atomic E-state index is 13.3. The van der Waals surface area contributed by atoms with Crippen molar-refractivity contribution in [3.63, 3.8) is 0 Å². The molecule has 2 aromatic carbocycles. The molecule has 0 heterocycles. The summed E-state index contributed by atoms with van der Waals surface area (Å²) in [7, 11) is 4.89. The lowest BCUT2D eigenvalue weighted by molar-refractivity contribution is 0.354. The summed E-state index contributed by atoms with van der Waals surface area (Å²) >= 11 is 3.41. The minimum Gasteiger partial charge on any atom is -0.493 e. The summed E-state index contributed by atoms with van der Waals surface area (Å²) < 4.78 is 24.7. The molecule has 25 heavy (non-hydrogen) atoms. The molecular formula is C18H21BrFN3O2. The molecule has 0 radical (unpaired) electrons. The highest BCUT2D eigenvalue weighted by Crippen LogP contribution is 2.27. The molecule has 0 aliphatic carbocycles. The van der Waals surface area contributed by atoms with Crippen LogP contribution in [0, 0.1) is 5.82 Å². The lowest BCUT2D eigenvalue weighted by atomic mass is 10.2. The van der Waals surface area contributed by atoms with Crippen LogP contribution in [-0.4, -0.2) is 27.2 Å². The number of guanidine groups is 1. The number of ether oxygens (including phenoxy) is 2. The third kappa shape index (κ3) is 5.35. The average Bonchev–Trinajstić information content (AvgIpc) is 2.64. The lowest BCUT2D eigenvalue weighted by Crippen LogP contribution is -2.36. The van der Waals surface area contributed by atoms with Gasteiger partial charge in [0.15, 0.2) is 17.5 Å². The number of hydrogen-bond acceptors (Lipinski definition) is 3. The van der Waals surface area contributed by atoms with E-state index < -0.39 is 0 Å². The molecule has 0 saturated heterocycles. The van der Waals surface area contributed by atoms with Gasteiger partial charge in [-0.1, -0.05) is 22.0 Å². The van der Waals surface area contributed by atoms with Gasteiger partial charge >= 0.3 is 0 Å². The van der Waals surface area contributed by atoms with Crippen LogP contribution in [0.1, 0.15) is 11.1 Å². The summed E-state index contributed by atoms with van der Waals surface area (Å²) in [4.78, 5) is 4.18. The van der Waals surface area contributed by atoms with Crippen LogP contribution in [0.15, 0.2) is 45.9 Å². The number of rotatable bonds is 6. The van der Waals surface area contributed by atoms with Crippen LogP contribution in [0.25, 0.3) is 0 Å². The van der Waals surface area contributed by atoms with Crippen molar-refractivity contribution < 1.29 is 13.9 Å². The highest BCUT2D eigenvalue weighted by atomic mass is 79.9. The number of nitrogens with one attached hydrogen (secondary N) is 2. The molecule has 5 nitrogen and oxygen atoms in total. The van der Waals surface area contributed by atoms with Crippen LogP contribution in [0.2, 0.25) is 0 Å². The van der Waals surface area contributed by atoms with E-state index in [4.69, 9.17) is 9.47 Å². The quantitative estimate of drug-likeness (QED) is 0.566. The van der Waals surface area contributed by atoms with Crippen molar-refractivity contribution in [1.82, 2.24) is 10.6 Å². The van der Waals surface area contributed by atoms with E-state index in [1.807, 2.05) is 18.2 Å². The molecule has 2 rings (SSSR count). The number of halogens is 2. The van der Waals surface area contributed by atoms with Crippen LogP contribution in [0.4, 0.5) is 4.39 Å². The van der Waals surface area contributed by atoms with E-state index in [9.17, 15) is 4.39 Å². The summed E-state index contributed by atoms with van der Waals surface area (Å²) in [6.07, 6.45) is 0. The molecule has 0 amide bonds. The van der Waals surface area contributed by atoms with Crippen molar-refractivity contribution in [2.45, 2.75) is 13.1 Å². The molecular weight excluding hydrogens is 389 g/mol. The highest BCUT2D eigenvalue weighted by molar-refractivity contribution is 9.10. The number of aliphatic imine (C=N–C) groups is 1. The molecule has 0 aromatic heterocycles. The van der Waals surface area contributed by atoms with Gasteiger partial charge in [-0.25, -0.2) is 4.39 Å². The minimum absolute atomic E-state index is 0.270. The van der Waals surface area contributed by atoms with E-state index in [0.29, 0.717) is 30.5 Å². The second kappa shape index (κ2) is 9.27. The third-order valence-corrected chi connectivity index (χ3v) is 4.36. The molecule has 0 aliphatic heterocycles. The maximum Gasteiger partial charge on any atom is 0.191 e. The Morgan fingerprint density at radius 3 is 2.44 bits per heavy atom. The van der Waals surface area contributed by atoms with Crippen molar-refractivity contribution in [1.29, 1.82) is 0 Å². The first-order valence-electron chi connectivity index (χ1n) is 7.66. The molecule has 0 fully saturated rings. The van der Waals surface area contributed by atoms with Crippen molar-refractivity contribution in [2.75, 3.05) is 21.3 Å². The Labute approximate surface area is 155 Å². The first-order chi connectivity index (χ1) is 12.1. The van der Waals surface area contributed by atoms with Gasteiger partial charge in [-0.3, -0.25) is 4.99 Å². The predicted octanol–water partition coefficient (Wildman–Crippen LogP) is 3.47. The topological polar surface area (TPSA) is 54.9 Å². The van der Waals surface area contributed by atoms with Crippen molar-refractivity contribution in [2.24, 2.45) is 4.99 Å². The van der Waals surface area contributed by atoms with Gasteiger partial charge < -0.3 is 20.1 Å². The smallest absolute Gasteiger partial charge is 0.191 e. The van der Waals surface area contributed by atoms with Crippen molar-refractivity contribution in [3.8, 4) is 11.5 Å². The Hall–Kier alpha value is -2.28. The molecule has 2 N–H and O–H groups in total. The van der Waals surface area contributed by atoms with Gasteiger partial charge in [0.05, 0.1) is 14.2 Å². The van der Waals surface area contributed by atoms with Crippen LogP contribution in [0.5, 0.6) is 11.5 Å². The Morgan fingerprint density at radius 1 is 1.04 bits per heavy atom. The molecule has 0 unspecified atom stereocenters. The van der Waals surface area contributed by atoms with Gasteiger partial charge in [-0.2, -0.15) is 0 Å². The monoisotopic (exact) mass is 409 g/mol. The minimum atomic E-state index is -0.270. The Balaban J connectivity index is 1.95. The molecule has 0 saturated carbocycles. The van der Waals surface area contributed by atoms with Gasteiger partial charge in [0.2, 0.25) is 0 Å². The summed E-state index contributed by atoms with van der Waals surface area (Å²) in [6, 6.07) is 10.3. The number of methoxy groups -OCH3 is 2. The molecule has 0 aliphatic rings. The predicted molar refractivity (Wildman–Crippen MR) is 101 cm³/mol. The molecule has 0 spiro atoms. The summed E-state index contributed by atoms with van der Waals surface area (Å²) in [5.41, 5.74) is 1.83. The van der Waals surface area contributed by atoms with E-state index >= 15 is 0 Å². The second-order valence-corrected chi connectivity index (χ2v) is 6.06. The fourth-order valence-corrected chi connectivity index (χ4v) is 2.64. The van der Waals surface area contributed by atoms with Gasteiger partial charge in [-0.05, 0) is 41.5 Å². The maximum absolute atomic E-state index is 13.3. The molecule has 0 atom stereocenters. The Bertz CT molecular complexity index is 753. The SMILES string of the molecule is CN=C(NCc1ccc(OC)c(OC)c1)NCc1cc(F)ccc1Br. The summed E-state index contributed by atoms with van der Waals surface area (Å²) in [5, 5.41) is 6.37. The van der Waals surface area contributed by atoms with E-state index in [-0.39, 0.29) is 5.82 Å². The zero-order valence-electron chi connectivity index (χ0n) is 14.4. The summed E-state index contributed by atoms with van der Waals surface area (Å²) in [5.74, 6) is 1.71. The number of nitrogens with zero attached hydrogens (tertiary/aromatic N) is 1. The standard InChI is InChI=1S/C18H21BrFN3O2/c1-21-18(23-11-13-9-14(20)5-6-15(13)19)22-10-12-4-7-16(24-2)17(8-12)25-3/h4-9H,10-11H2,1-3H3,(H2,21,22,23). The first kappa shape index (κ1) is 19.1. The number of benzene rings is 2. The van der Waals surface area contributed by atoms with Crippen LogP contribution >= 0.6 is 15.9 Å². The second-order valence-electron chi connectivity index (χ2n) is 5.20. The normalized spacial score (nSPS) is 11.2. The Kier molecular flexibility index (Phi) is 7.06. The fourth-order valence-electron chi connectivity index (χ4n) is 2.25. The van der Waals surface area contributed by atoms with Gasteiger partial charge in [-0.15, -0.1) is 0 Å². The van der Waals surface area contributed by atoms with E-state index in [1.165, 1.54) is 12.1 Å². The Morgan fingerprint density at radius 2 is 1.76 bits per heavy atom. The van der Waals surface area contributed by atoms with Crippen LogP contribution < -0.4 is 20.1 Å². The zero-order valence-corrected chi connectivity index (χ0v) is 16.0. The van der Waals surface area contributed by atoms with Gasteiger partial charge in [0.1, 0.15) is 5.82 Å². The van der Waals surface area contributed by atoms with E-state index in [2.05, 4.69) is 31.6 Å². The van der Waals surface area contributed by atoms with Crippen molar-refractivity contribution >= 4 is 21.9 Å². The molecule has 2 aromatic rings.